The first-order valence-electron chi connectivity index (χ1n) is 5.50. The molecule has 0 saturated carbocycles. The monoisotopic (exact) mass is 204 g/mol. The number of hydrogen-bond acceptors (Lipinski definition) is 2. The number of benzene rings is 1. The van der Waals surface area contributed by atoms with E-state index in [1.165, 1.54) is 0 Å². The minimum absolute atomic E-state index is 0.0510. The third kappa shape index (κ3) is 2.45. The van der Waals surface area contributed by atoms with E-state index in [4.69, 9.17) is 4.74 Å². The Kier molecular flexibility index (Phi) is 3.51. The number of aldehydes is 1. The molecule has 2 rings (SSSR count). The Bertz CT molecular complexity index is 302. The number of carbonyl (C=O) groups excluding carboxylic acids is 1. The Labute approximate surface area is 90.3 Å². The second-order valence-electron chi connectivity index (χ2n) is 4.02. The van der Waals surface area contributed by atoms with Crippen molar-refractivity contribution in [3.05, 3.63) is 35.9 Å². The number of ether oxygens (including phenoxy) is 1. The van der Waals surface area contributed by atoms with Gasteiger partial charge in [-0.3, -0.25) is 0 Å². The van der Waals surface area contributed by atoms with E-state index in [9.17, 15) is 4.79 Å². The average molecular weight is 204 g/mol. The van der Waals surface area contributed by atoms with Crippen molar-refractivity contribution in [2.75, 3.05) is 13.2 Å². The van der Waals surface area contributed by atoms with Crippen molar-refractivity contribution in [2.45, 2.75) is 18.8 Å². The van der Waals surface area contributed by atoms with Crippen LogP contribution in [0.15, 0.2) is 30.3 Å². The van der Waals surface area contributed by atoms with Crippen LogP contribution in [0.2, 0.25) is 0 Å². The van der Waals surface area contributed by atoms with Crippen molar-refractivity contribution in [2.24, 2.45) is 5.92 Å². The molecule has 80 valence electrons. The molecule has 0 aromatic heterocycles. The van der Waals surface area contributed by atoms with Gasteiger partial charge in [0.2, 0.25) is 0 Å². The van der Waals surface area contributed by atoms with Gasteiger partial charge in [-0.15, -0.1) is 0 Å². The maximum absolute atomic E-state index is 11.2. The lowest BCUT2D eigenvalue weighted by atomic mass is 9.82. The zero-order valence-electron chi connectivity index (χ0n) is 8.76. The van der Waals surface area contributed by atoms with Gasteiger partial charge in [0.05, 0.1) is 0 Å². The van der Waals surface area contributed by atoms with E-state index in [1.807, 2.05) is 30.3 Å². The molecule has 1 aliphatic heterocycles. The molecular weight excluding hydrogens is 188 g/mol. The van der Waals surface area contributed by atoms with Crippen molar-refractivity contribution >= 4 is 6.29 Å². The van der Waals surface area contributed by atoms with E-state index in [0.29, 0.717) is 5.92 Å². The molecule has 1 saturated heterocycles. The average Bonchev–Trinajstić information content (AvgIpc) is 2.33. The van der Waals surface area contributed by atoms with Crippen LogP contribution < -0.4 is 0 Å². The van der Waals surface area contributed by atoms with Crippen LogP contribution in [-0.2, 0) is 9.53 Å². The second kappa shape index (κ2) is 5.08. The molecule has 1 atom stereocenters. The van der Waals surface area contributed by atoms with Crippen LogP contribution in [0.4, 0.5) is 0 Å². The van der Waals surface area contributed by atoms with Gasteiger partial charge in [0, 0.05) is 19.1 Å². The van der Waals surface area contributed by atoms with Crippen LogP contribution in [0, 0.1) is 5.92 Å². The highest BCUT2D eigenvalue weighted by Gasteiger charge is 2.24. The Morgan fingerprint density at radius 2 is 1.87 bits per heavy atom. The normalized spacial score (nSPS) is 19.7. The molecule has 1 heterocycles. The van der Waals surface area contributed by atoms with Gasteiger partial charge in [0.15, 0.2) is 0 Å². The van der Waals surface area contributed by atoms with Gasteiger partial charge in [-0.05, 0) is 24.3 Å². The molecule has 0 aliphatic carbocycles. The SMILES string of the molecule is O=CC(c1ccccc1)C1CCOCC1. The first-order chi connectivity index (χ1) is 7.42. The van der Waals surface area contributed by atoms with E-state index in [2.05, 4.69) is 0 Å². The standard InChI is InChI=1S/C13H16O2/c14-10-13(11-4-2-1-3-5-11)12-6-8-15-9-7-12/h1-5,10,12-13H,6-9H2. The Morgan fingerprint density at radius 3 is 2.47 bits per heavy atom. The summed E-state index contributed by atoms with van der Waals surface area (Å²) in [6.07, 6.45) is 3.09. The second-order valence-corrected chi connectivity index (χ2v) is 4.02. The van der Waals surface area contributed by atoms with Crippen molar-refractivity contribution in [1.29, 1.82) is 0 Å². The van der Waals surface area contributed by atoms with Crippen LogP contribution in [0.25, 0.3) is 0 Å². The van der Waals surface area contributed by atoms with Gasteiger partial charge in [-0.25, -0.2) is 0 Å². The molecule has 1 unspecified atom stereocenters. The predicted octanol–water partition coefficient (Wildman–Crippen LogP) is 2.40. The molecule has 1 aliphatic rings. The molecule has 2 heteroatoms. The fraction of sp³-hybridized carbons (Fsp3) is 0.462. The van der Waals surface area contributed by atoms with Crippen LogP contribution >= 0.6 is 0 Å². The van der Waals surface area contributed by atoms with E-state index in [0.717, 1.165) is 37.9 Å². The molecule has 1 fully saturated rings. The summed E-state index contributed by atoms with van der Waals surface area (Å²) in [6, 6.07) is 10.0. The summed E-state index contributed by atoms with van der Waals surface area (Å²) in [5.74, 6) is 0.508. The van der Waals surface area contributed by atoms with E-state index < -0.39 is 0 Å². The van der Waals surface area contributed by atoms with Gasteiger partial charge in [-0.2, -0.15) is 0 Å². The smallest absolute Gasteiger partial charge is 0.127 e. The van der Waals surface area contributed by atoms with Crippen molar-refractivity contribution in [3.8, 4) is 0 Å². The molecule has 0 spiro atoms. The third-order valence-electron chi connectivity index (χ3n) is 3.10. The van der Waals surface area contributed by atoms with Crippen molar-refractivity contribution < 1.29 is 9.53 Å². The first kappa shape index (κ1) is 10.4. The van der Waals surface area contributed by atoms with Crippen LogP contribution in [-0.4, -0.2) is 19.5 Å². The van der Waals surface area contributed by atoms with Gasteiger partial charge in [0.1, 0.15) is 6.29 Å². The Balaban J connectivity index is 2.12. The Morgan fingerprint density at radius 1 is 1.20 bits per heavy atom. The highest BCUT2D eigenvalue weighted by Crippen LogP contribution is 2.30. The Hall–Kier alpha value is -1.15. The zero-order chi connectivity index (χ0) is 10.5. The quantitative estimate of drug-likeness (QED) is 0.707. The highest BCUT2D eigenvalue weighted by atomic mass is 16.5. The third-order valence-corrected chi connectivity index (χ3v) is 3.10. The molecular formula is C13H16O2. The first-order valence-corrected chi connectivity index (χ1v) is 5.50. The number of hydrogen-bond donors (Lipinski definition) is 0. The maximum Gasteiger partial charge on any atom is 0.127 e. The molecule has 0 radical (unpaired) electrons. The van der Waals surface area contributed by atoms with Gasteiger partial charge >= 0.3 is 0 Å². The topological polar surface area (TPSA) is 26.3 Å². The molecule has 0 N–H and O–H groups in total. The van der Waals surface area contributed by atoms with Crippen LogP contribution in [0.1, 0.15) is 24.3 Å². The van der Waals surface area contributed by atoms with E-state index >= 15 is 0 Å². The summed E-state index contributed by atoms with van der Waals surface area (Å²) in [5.41, 5.74) is 1.14. The molecule has 1 aromatic carbocycles. The van der Waals surface area contributed by atoms with Gasteiger partial charge in [-0.1, -0.05) is 30.3 Å². The fourth-order valence-electron chi connectivity index (χ4n) is 2.21. The van der Waals surface area contributed by atoms with Crippen LogP contribution in [0.3, 0.4) is 0 Å². The van der Waals surface area contributed by atoms with E-state index in [-0.39, 0.29) is 5.92 Å². The van der Waals surface area contributed by atoms with Crippen molar-refractivity contribution in [1.82, 2.24) is 0 Å². The molecule has 15 heavy (non-hydrogen) atoms. The summed E-state index contributed by atoms with van der Waals surface area (Å²) >= 11 is 0. The molecule has 0 bridgehead atoms. The molecule has 2 nitrogen and oxygen atoms in total. The lowest BCUT2D eigenvalue weighted by Crippen LogP contribution is -2.22. The highest BCUT2D eigenvalue weighted by molar-refractivity contribution is 5.62. The minimum Gasteiger partial charge on any atom is -0.381 e. The number of carbonyl (C=O) groups is 1. The van der Waals surface area contributed by atoms with Crippen molar-refractivity contribution in [3.63, 3.8) is 0 Å². The zero-order valence-corrected chi connectivity index (χ0v) is 8.76. The maximum atomic E-state index is 11.2. The lowest BCUT2D eigenvalue weighted by Gasteiger charge is -2.27. The fourth-order valence-corrected chi connectivity index (χ4v) is 2.21. The number of rotatable bonds is 3. The summed E-state index contributed by atoms with van der Waals surface area (Å²) in [6.45, 7) is 1.59. The summed E-state index contributed by atoms with van der Waals surface area (Å²) in [4.78, 5) is 11.2. The minimum atomic E-state index is 0.0510. The summed E-state index contributed by atoms with van der Waals surface area (Å²) < 4.78 is 5.31. The lowest BCUT2D eigenvalue weighted by molar-refractivity contribution is -0.110. The van der Waals surface area contributed by atoms with Crippen LogP contribution in [0.5, 0.6) is 0 Å². The predicted molar refractivity (Wildman–Crippen MR) is 58.8 cm³/mol. The van der Waals surface area contributed by atoms with Gasteiger partial charge < -0.3 is 9.53 Å². The molecule has 1 aromatic rings. The largest absolute Gasteiger partial charge is 0.381 e. The molecule has 0 amide bonds. The summed E-state index contributed by atoms with van der Waals surface area (Å²) in [5, 5.41) is 0. The van der Waals surface area contributed by atoms with Gasteiger partial charge in [0.25, 0.3) is 0 Å². The summed E-state index contributed by atoms with van der Waals surface area (Å²) in [7, 11) is 0. The van der Waals surface area contributed by atoms with E-state index in [1.54, 1.807) is 0 Å².